The van der Waals surface area contributed by atoms with Crippen molar-refractivity contribution in [2.45, 2.75) is 6.54 Å². The minimum Gasteiger partial charge on any atom is -0.497 e. The third-order valence-electron chi connectivity index (χ3n) is 4.11. The van der Waals surface area contributed by atoms with Gasteiger partial charge in [-0.25, -0.2) is 4.98 Å². The highest BCUT2D eigenvalue weighted by atomic mass is 79.9. The molecule has 2 heterocycles. The Bertz CT molecular complexity index is 1040. The summed E-state index contributed by atoms with van der Waals surface area (Å²) in [5.74, 6) is 1.58. The first-order valence-electron chi connectivity index (χ1n) is 7.55. The van der Waals surface area contributed by atoms with E-state index in [1.165, 1.54) is 5.56 Å². The van der Waals surface area contributed by atoms with Crippen molar-refractivity contribution >= 4 is 37.9 Å². The first-order valence-corrected chi connectivity index (χ1v) is 8.34. The smallest absolute Gasteiger partial charge is 0.118 e. The Hall–Kier alpha value is -2.40. The number of aromatic nitrogens is 3. The number of halogens is 1. The van der Waals surface area contributed by atoms with Crippen LogP contribution in [0.5, 0.6) is 5.75 Å². The van der Waals surface area contributed by atoms with Crippen molar-refractivity contribution in [2.75, 3.05) is 7.11 Å². The number of hydrogen-bond donors (Lipinski definition) is 0. The molecule has 0 aliphatic rings. The molecule has 0 aliphatic heterocycles. The van der Waals surface area contributed by atoms with E-state index in [0.717, 1.165) is 38.0 Å². The lowest BCUT2D eigenvalue weighted by Crippen LogP contribution is -2.02. The molecule has 0 N–H and O–H groups in total. The fourth-order valence-corrected chi connectivity index (χ4v) is 3.27. The second-order valence-corrected chi connectivity index (χ2v) is 6.53. The Kier molecular flexibility index (Phi) is 3.73. The molecule has 119 valence electrons. The molecule has 4 rings (SSSR count). The van der Waals surface area contributed by atoms with E-state index in [1.54, 1.807) is 7.11 Å². The fraction of sp³-hybridized carbons (Fsp3) is 0.105. The van der Waals surface area contributed by atoms with E-state index in [4.69, 9.17) is 4.74 Å². The van der Waals surface area contributed by atoms with Crippen LogP contribution in [0.2, 0.25) is 0 Å². The number of fused-ring (bicyclic) bond motifs is 3. The van der Waals surface area contributed by atoms with Crippen molar-refractivity contribution in [1.29, 1.82) is 0 Å². The van der Waals surface area contributed by atoms with Gasteiger partial charge in [0, 0.05) is 23.3 Å². The fourth-order valence-electron chi connectivity index (χ4n) is 2.92. The number of hydrogen-bond acceptors (Lipinski definition) is 3. The van der Waals surface area contributed by atoms with Crippen LogP contribution in [-0.2, 0) is 6.54 Å². The van der Waals surface area contributed by atoms with Crippen LogP contribution in [0, 0.1) is 6.92 Å². The normalized spacial score (nSPS) is 11.3. The molecule has 0 atom stereocenters. The Balaban J connectivity index is 1.88. The summed E-state index contributed by atoms with van der Waals surface area (Å²) in [6.07, 6.45) is 1.81. The molecule has 2 aromatic heterocycles. The van der Waals surface area contributed by atoms with Gasteiger partial charge in [0.25, 0.3) is 0 Å². The molecule has 2 aromatic carbocycles. The number of rotatable bonds is 3. The Morgan fingerprint density at radius 2 is 1.92 bits per heavy atom. The Morgan fingerprint density at radius 1 is 1.12 bits per heavy atom. The molecule has 0 bridgehead atoms. The van der Waals surface area contributed by atoms with E-state index in [9.17, 15) is 0 Å². The molecule has 0 fully saturated rings. The largest absolute Gasteiger partial charge is 0.497 e. The third kappa shape index (κ3) is 2.55. The topological polar surface area (TPSA) is 39.9 Å². The predicted molar refractivity (Wildman–Crippen MR) is 99.3 cm³/mol. The van der Waals surface area contributed by atoms with Gasteiger partial charge in [-0.3, -0.25) is 4.98 Å². The monoisotopic (exact) mass is 380 g/mol. The van der Waals surface area contributed by atoms with E-state index in [2.05, 4.69) is 55.6 Å². The Labute approximate surface area is 148 Å². The molecular formula is C19H15BrN3O. The van der Waals surface area contributed by atoms with Crippen molar-refractivity contribution in [3.05, 3.63) is 71.4 Å². The molecule has 4 nitrogen and oxygen atoms in total. The third-order valence-corrected chi connectivity index (χ3v) is 4.61. The lowest BCUT2D eigenvalue weighted by molar-refractivity contribution is 0.414. The summed E-state index contributed by atoms with van der Waals surface area (Å²) < 4.78 is 8.37. The molecular weight excluding hydrogens is 366 g/mol. The Morgan fingerprint density at radius 3 is 2.67 bits per heavy atom. The molecule has 0 spiro atoms. The average molecular weight is 381 g/mol. The van der Waals surface area contributed by atoms with Gasteiger partial charge in [0.2, 0.25) is 0 Å². The van der Waals surface area contributed by atoms with Crippen LogP contribution in [0.4, 0.5) is 0 Å². The predicted octanol–water partition coefficient (Wildman–Crippen LogP) is 4.59. The van der Waals surface area contributed by atoms with Gasteiger partial charge in [-0.2, -0.15) is 0 Å². The number of pyridine rings is 1. The highest BCUT2D eigenvalue weighted by Gasteiger charge is 2.12. The van der Waals surface area contributed by atoms with Gasteiger partial charge in [0.05, 0.1) is 24.3 Å². The van der Waals surface area contributed by atoms with Gasteiger partial charge in [-0.1, -0.05) is 28.1 Å². The maximum absolute atomic E-state index is 5.22. The molecule has 0 saturated heterocycles. The van der Waals surface area contributed by atoms with Crippen molar-refractivity contribution < 1.29 is 4.74 Å². The van der Waals surface area contributed by atoms with Crippen LogP contribution in [0.1, 0.15) is 11.4 Å². The molecule has 0 saturated carbocycles. The molecule has 0 unspecified atom stereocenters. The van der Waals surface area contributed by atoms with Crippen LogP contribution < -0.4 is 4.74 Å². The summed E-state index contributed by atoms with van der Waals surface area (Å²) in [7, 11) is 1.67. The number of nitrogens with zero attached hydrogens (tertiary/aromatic N) is 3. The van der Waals surface area contributed by atoms with E-state index < -0.39 is 0 Å². The van der Waals surface area contributed by atoms with Gasteiger partial charge in [-0.15, -0.1) is 0 Å². The molecule has 0 amide bonds. The van der Waals surface area contributed by atoms with E-state index in [0.29, 0.717) is 6.54 Å². The van der Waals surface area contributed by atoms with Gasteiger partial charge < -0.3 is 9.30 Å². The molecule has 1 radical (unpaired) electrons. The summed E-state index contributed by atoms with van der Waals surface area (Å²) in [6.45, 7) is 4.80. The first kappa shape index (κ1) is 15.1. The first-order chi connectivity index (χ1) is 11.7. The van der Waals surface area contributed by atoms with Crippen LogP contribution in [-0.4, -0.2) is 21.6 Å². The van der Waals surface area contributed by atoms with Crippen LogP contribution in [0.15, 0.2) is 53.1 Å². The van der Waals surface area contributed by atoms with Gasteiger partial charge in [-0.05, 0) is 35.9 Å². The quantitative estimate of drug-likeness (QED) is 0.521. The summed E-state index contributed by atoms with van der Waals surface area (Å²) in [5, 5.41) is 1.08. The van der Waals surface area contributed by atoms with Crippen LogP contribution in [0.3, 0.4) is 0 Å². The number of methoxy groups -OCH3 is 1. The van der Waals surface area contributed by atoms with E-state index >= 15 is 0 Å². The van der Waals surface area contributed by atoms with E-state index in [-0.39, 0.29) is 0 Å². The van der Waals surface area contributed by atoms with Gasteiger partial charge >= 0.3 is 0 Å². The highest BCUT2D eigenvalue weighted by molar-refractivity contribution is 9.10. The lowest BCUT2D eigenvalue weighted by atomic mass is 10.1. The van der Waals surface area contributed by atoms with Crippen molar-refractivity contribution in [2.24, 2.45) is 0 Å². The highest BCUT2D eigenvalue weighted by Crippen LogP contribution is 2.27. The second-order valence-electron chi connectivity index (χ2n) is 5.62. The summed E-state index contributed by atoms with van der Waals surface area (Å²) >= 11 is 3.50. The molecule has 0 aliphatic carbocycles. The van der Waals surface area contributed by atoms with Crippen molar-refractivity contribution in [3.63, 3.8) is 0 Å². The van der Waals surface area contributed by atoms with Crippen molar-refractivity contribution in [1.82, 2.24) is 14.5 Å². The maximum Gasteiger partial charge on any atom is 0.118 e. The number of benzene rings is 2. The molecule has 4 aromatic rings. The van der Waals surface area contributed by atoms with Crippen molar-refractivity contribution in [3.8, 4) is 5.75 Å². The molecule has 5 heteroatoms. The zero-order chi connectivity index (χ0) is 16.7. The van der Waals surface area contributed by atoms with Gasteiger partial charge in [0.1, 0.15) is 17.1 Å². The summed E-state index contributed by atoms with van der Waals surface area (Å²) in [6, 6.07) is 14.2. The van der Waals surface area contributed by atoms with Crippen LogP contribution in [0.25, 0.3) is 21.9 Å². The standard InChI is InChI=1S/C19H15BrN3O/c1-12-22-18-10-21-17-9-14(20)5-8-16(17)19(18)23(12)11-13-3-6-15(24-2)7-4-13/h3-10H,1,11H2,2H3. The van der Waals surface area contributed by atoms with Gasteiger partial charge in [0.15, 0.2) is 0 Å². The second kappa shape index (κ2) is 5.91. The zero-order valence-corrected chi connectivity index (χ0v) is 14.7. The van der Waals surface area contributed by atoms with Crippen LogP contribution >= 0.6 is 15.9 Å². The summed E-state index contributed by atoms with van der Waals surface area (Å²) in [4.78, 5) is 9.07. The zero-order valence-electron chi connectivity index (χ0n) is 13.2. The SMILES string of the molecule is [CH2]c1nc2cnc3cc(Br)ccc3c2n1Cc1ccc(OC)cc1. The summed E-state index contributed by atoms with van der Waals surface area (Å²) in [5.41, 5.74) is 4.03. The minimum atomic E-state index is 0.703. The average Bonchev–Trinajstić information content (AvgIpc) is 2.91. The minimum absolute atomic E-state index is 0.703. The maximum atomic E-state index is 5.22. The molecule has 24 heavy (non-hydrogen) atoms. The number of imidazole rings is 1. The van der Waals surface area contributed by atoms with E-state index in [1.807, 2.05) is 30.5 Å². The lowest BCUT2D eigenvalue weighted by Gasteiger charge is -2.09. The number of ether oxygens (including phenoxy) is 1.